The molecule has 2 fully saturated rings. The van der Waals surface area contributed by atoms with E-state index in [1.54, 1.807) is 10.6 Å². The number of benzene rings is 1. The molecule has 0 aliphatic carbocycles. The topological polar surface area (TPSA) is 110 Å². The van der Waals surface area contributed by atoms with Gasteiger partial charge in [0.05, 0.1) is 38.2 Å². The Morgan fingerprint density at radius 3 is 2.62 bits per heavy atom. The molecule has 166 valence electrons. The van der Waals surface area contributed by atoms with Crippen LogP contribution in [0.4, 0.5) is 11.5 Å². The maximum absolute atomic E-state index is 12.7. The van der Waals surface area contributed by atoms with Gasteiger partial charge >= 0.3 is 0 Å². The summed E-state index contributed by atoms with van der Waals surface area (Å²) >= 11 is 0. The molecule has 2 aliphatic heterocycles. The second kappa shape index (κ2) is 8.56. The van der Waals surface area contributed by atoms with E-state index in [1.165, 1.54) is 6.92 Å². The van der Waals surface area contributed by atoms with E-state index in [1.807, 2.05) is 30.3 Å². The second-order valence-electron chi connectivity index (χ2n) is 7.87. The largest absolute Gasteiger partial charge is 0.378 e. The smallest absolute Gasteiger partial charge is 0.272 e. The van der Waals surface area contributed by atoms with Crippen LogP contribution in [0.5, 0.6) is 0 Å². The molecular formula is C22H24N6O4. The van der Waals surface area contributed by atoms with Crippen molar-refractivity contribution in [1.29, 1.82) is 0 Å². The minimum atomic E-state index is -0.245. The molecule has 2 amide bonds. The van der Waals surface area contributed by atoms with Gasteiger partial charge in [0.1, 0.15) is 5.82 Å². The molecule has 0 radical (unpaired) electrons. The Kier molecular flexibility index (Phi) is 5.46. The summed E-state index contributed by atoms with van der Waals surface area (Å²) in [6, 6.07) is 11.2. The number of hydrogen-bond acceptors (Lipinski definition) is 7. The maximum Gasteiger partial charge on any atom is 0.272 e. The monoisotopic (exact) mass is 436 g/mol. The van der Waals surface area contributed by atoms with Crippen molar-refractivity contribution in [2.45, 2.75) is 13.0 Å². The number of ether oxygens (including phenoxy) is 2. The zero-order valence-corrected chi connectivity index (χ0v) is 17.7. The Bertz CT molecular complexity index is 1170. The number of carbonyl (C=O) groups is 2. The van der Waals surface area contributed by atoms with Gasteiger partial charge in [-0.15, -0.1) is 0 Å². The summed E-state index contributed by atoms with van der Waals surface area (Å²) in [5.74, 6) is 0.457. The molecule has 2 saturated heterocycles. The summed E-state index contributed by atoms with van der Waals surface area (Å²) in [6.45, 7) is 5.18. The van der Waals surface area contributed by atoms with Gasteiger partial charge in [0.15, 0.2) is 11.3 Å². The summed E-state index contributed by atoms with van der Waals surface area (Å²) in [5.41, 5.74) is 3.16. The van der Waals surface area contributed by atoms with E-state index in [4.69, 9.17) is 14.5 Å². The lowest BCUT2D eigenvalue weighted by molar-refractivity contribution is -0.114. The number of hydrogen-bond donors (Lipinski definition) is 2. The van der Waals surface area contributed by atoms with Crippen molar-refractivity contribution in [3.63, 3.8) is 0 Å². The second-order valence-corrected chi connectivity index (χ2v) is 7.87. The number of nitrogens with one attached hydrogen (secondary N) is 2. The van der Waals surface area contributed by atoms with Crippen LogP contribution in [-0.4, -0.2) is 72.0 Å². The lowest BCUT2D eigenvalue weighted by Crippen LogP contribution is -2.48. The lowest BCUT2D eigenvalue weighted by Gasteiger charge is -2.29. The van der Waals surface area contributed by atoms with Crippen molar-refractivity contribution in [1.82, 2.24) is 19.9 Å². The molecule has 10 heteroatoms. The Morgan fingerprint density at radius 1 is 1.09 bits per heavy atom. The number of nitrogens with zero attached hydrogens (tertiary/aromatic N) is 4. The lowest BCUT2D eigenvalue weighted by atomic mass is 10.1. The van der Waals surface area contributed by atoms with Crippen molar-refractivity contribution in [2.75, 3.05) is 49.7 Å². The van der Waals surface area contributed by atoms with Crippen molar-refractivity contribution in [2.24, 2.45) is 0 Å². The molecule has 5 rings (SSSR count). The maximum atomic E-state index is 12.7. The predicted molar refractivity (Wildman–Crippen MR) is 118 cm³/mol. The van der Waals surface area contributed by atoms with Gasteiger partial charge in [0.2, 0.25) is 5.91 Å². The van der Waals surface area contributed by atoms with Crippen molar-refractivity contribution < 1.29 is 19.1 Å². The van der Waals surface area contributed by atoms with E-state index in [-0.39, 0.29) is 17.9 Å². The van der Waals surface area contributed by atoms with Crippen LogP contribution in [-0.2, 0) is 14.3 Å². The third-order valence-electron chi connectivity index (χ3n) is 5.43. The fourth-order valence-corrected chi connectivity index (χ4v) is 3.77. The Hall–Kier alpha value is -3.50. The van der Waals surface area contributed by atoms with Gasteiger partial charge in [-0.05, 0) is 12.1 Å². The first kappa shape index (κ1) is 20.4. The van der Waals surface area contributed by atoms with Crippen LogP contribution in [0.15, 0.2) is 36.4 Å². The van der Waals surface area contributed by atoms with Gasteiger partial charge in [-0.1, -0.05) is 12.1 Å². The molecule has 0 unspecified atom stereocenters. The number of amides is 2. The quantitative estimate of drug-likeness (QED) is 0.621. The van der Waals surface area contributed by atoms with Crippen molar-refractivity contribution >= 4 is 29.0 Å². The Labute approximate surface area is 184 Å². The van der Waals surface area contributed by atoms with Crippen LogP contribution >= 0.6 is 0 Å². The van der Waals surface area contributed by atoms with Crippen LogP contribution in [0.25, 0.3) is 16.9 Å². The van der Waals surface area contributed by atoms with Crippen molar-refractivity contribution in [3.05, 3.63) is 42.1 Å². The first-order valence-electron chi connectivity index (χ1n) is 10.6. The fraction of sp³-hybridized carbons (Fsp3) is 0.364. The predicted octanol–water partition coefficient (Wildman–Crippen LogP) is 1.32. The molecule has 0 spiro atoms. The van der Waals surface area contributed by atoms with Crippen LogP contribution in [0.1, 0.15) is 17.4 Å². The average molecular weight is 436 g/mol. The molecule has 10 nitrogen and oxygen atoms in total. The highest BCUT2D eigenvalue weighted by atomic mass is 16.5. The Morgan fingerprint density at radius 2 is 1.91 bits per heavy atom. The Balaban J connectivity index is 1.56. The molecule has 2 aliphatic rings. The minimum absolute atomic E-state index is 0.0195. The van der Waals surface area contributed by atoms with E-state index in [0.29, 0.717) is 56.5 Å². The van der Waals surface area contributed by atoms with Gasteiger partial charge in [-0.25, -0.2) is 4.98 Å². The average Bonchev–Trinajstić information content (AvgIpc) is 3.20. The van der Waals surface area contributed by atoms with E-state index in [0.717, 1.165) is 17.1 Å². The zero-order chi connectivity index (χ0) is 22.1. The molecule has 3 aromatic rings. The molecular weight excluding hydrogens is 412 g/mol. The number of fused-ring (bicyclic) bond motifs is 1. The fourth-order valence-electron chi connectivity index (χ4n) is 3.77. The van der Waals surface area contributed by atoms with Gasteiger partial charge in [0.25, 0.3) is 5.91 Å². The van der Waals surface area contributed by atoms with Gasteiger partial charge in [-0.2, -0.15) is 9.61 Å². The van der Waals surface area contributed by atoms with Gasteiger partial charge in [-0.3, -0.25) is 9.59 Å². The van der Waals surface area contributed by atoms with E-state index in [2.05, 4.69) is 20.6 Å². The molecule has 0 atom stereocenters. The van der Waals surface area contributed by atoms with Crippen LogP contribution < -0.4 is 15.5 Å². The SMILES string of the molecule is CC(=O)Nc1cccc(-c2cc(N3CCOCC3)n3nc(C(=O)NC4COC4)cc3n2)c1. The first-order valence-corrected chi connectivity index (χ1v) is 10.6. The summed E-state index contributed by atoms with van der Waals surface area (Å²) in [5, 5.41) is 10.3. The summed E-state index contributed by atoms with van der Waals surface area (Å²) < 4.78 is 12.3. The van der Waals surface area contributed by atoms with Crippen LogP contribution in [0.3, 0.4) is 0 Å². The molecule has 4 heterocycles. The molecule has 2 aromatic heterocycles. The molecule has 0 bridgehead atoms. The number of morpholine rings is 1. The highest BCUT2D eigenvalue weighted by Gasteiger charge is 2.24. The van der Waals surface area contributed by atoms with E-state index >= 15 is 0 Å². The number of anilines is 2. The normalized spacial score (nSPS) is 16.6. The molecule has 32 heavy (non-hydrogen) atoms. The highest BCUT2D eigenvalue weighted by molar-refractivity contribution is 5.94. The molecule has 2 N–H and O–H groups in total. The zero-order valence-electron chi connectivity index (χ0n) is 17.7. The van der Waals surface area contributed by atoms with Crippen LogP contribution in [0, 0.1) is 0 Å². The number of rotatable bonds is 5. The van der Waals surface area contributed by atoms with Crippen LogP contribution in [0.2, 0.25) is 0 Å². The minimum Gasteiger partial charge on any atom is -0.378 e. The van der Waals surface area contributed by atoms with Gasteiger partial charge < -0.3 is 25.0 Å². The van der Waals surface area contributed by atoms with E-state index in [9.17, 15) is 9.59 Å². The third kappa shape index (κ3) is 4.14. The standard InChI is InChI=1S/C22H24N6O4/c1-14(29)23-16-4-2-3-15(9-16)18-11-21(27-5-7-31-8-6-27)28-20(25-18)10-19(26-28)22(30)24-17-12-32-13-17/h2-4,9-11,17H,5-8,12-13H2,1H3,(H,23,29)(H,24,30). The summed E-state index contributed by atoms with van der Waals surface area (Å²) in [7, 11) is 0. The summed E-state index contributed by atoms with van der Waals surface area (Å²) in [6.07, 6.45) is 0. The van der Waals surface area contributed by atoms with E-state index < -0.39 is 0 Å². The number of aromatic nitrogens is 3. The number of carbonyl (C=O) groups excluding carboxylic acids is 2. The van der Waals surface area contributed by atoms with Crippen molar-refractivity contribution in [3.8, 4) is 11.3 Å². The first-order chi connectivity index (χ1) is 15.6. The van der Waals surface area contributed by atoms with Gasteiger partial charge in [0, 0.05) is 43.4 Å². The molecule has 1 aromatic carbocycles. The highest BCUT2D eigenvalue weighted by Crippen LogP contribution is 2.27. The third-order valence-corrected chi connectivity index (χ3v) is 5.43. The molecule has 0 saturated carbocycles. The summed E-state index contributed by atoms with van der Waals surface area (Å²) in [4.78, 5) is 31.1.